The summed E-state index contributed by atoms with van der Waals surface area (Å²) in [5.74, 6) is -2.60. The van der Waals surface area contributed by atoms with E-state index >= 15 is 0 Å². The Morgan fingerprint density at radius 2 is 1.66 bits per heavy atom. The fraction of sp³-hybridized carbons (Fsp3) is 0.419. The molecule has 2 saturated heterocycles. The molecule has 0 bridgehead atoms. The molecule has 1 aliphatic carbocycles. The minimum atomic E-state index is -1.00. The van der Waals surface area contributed by atoms with E-state index in [2.05, 4.69) is 16.0 Å². The van der Waals surface area contributed by atoms with Crippen LogP contribution < -0.4 is 26.3 Å². The van der Waals surface area contributed by atoms with E-state index in [0.29, 0.717) is 73.8 Å². The molecule has 2 atom stereocenters. The van der Waals surface area contributed by atoms with Gasteiger partial charge in [0.15, 0.2) is 11.3 Å². The number of carbonyl (C=O) groups is 6. The number of rotatable bonds is 14. The van der Waals surface area contributed by atoms with Gasteiger partial charge in [-0.1, -0.05) is 31.1 Å². The topological polar surface area (TPSA) is 199 Å². The third kappa shape index (κ3) is 8.38. The van der Waals surface area contributed by atoms with Crippen LogP contribution in [0.4, 0.5) is 11.6 Å². The molecule has 4 heterocycles. The summed E-state index contributed by atoms with van der Waals surface area (Å²) in [5, 5.41) is 19.0. The molecule has 2 aromatic carbocycles. The maximum atomic E-state index is 13.4. The van der Waals surface area contributed by atoms with Crippen molar-refractivity contribution in [3.05, 3.63) is 92.3 Å². The normalized spacial score (nSPS) is 18.8. The zero-order chi connectivity index (χ0) is 41.1. The fourth-order valence-electron chi connectivity index (χ4n) is 8.13. The van der Waals surface area contributed by atoms with Crippen molar-refractivity contribution in [3.63, 3.8) is 0 Å². The van der Waals surface area contributed by atoms with E-state index in [9.17, 15) is 38.7 Å². The number of fused-ring (bicyclic) bond motifs is 2. The van der Waals surface area contributed by atoms with E-state index in [-0.39, 0.29) is 46.9 Å². The number of nitrogens with zero attached hydrogens (tertiary/aromatic N) is 3. The van der Waals surface area contributed by atoms with Crippen molar-refractivity contribution in [1.29, 1.82) is 0 Å². The van der Waals surface area contributed by atoms with E-state index < -0.39 is 35.6 Å². The third-order valence-corrected chi connectivity index (χ3v) is 11.2. The van der Waals surface area contributed by atoms with Gasteiger partial charge in [0.1, 0.15) is 11.6 Å². The molecule has 58 heavy (non-hydrogen) atoms. The Labute approximate surface area is 335 Å². The summed E-state index contributed by atoms with van der Waals surface area (Å²) in [5.41, 5.74) is 3.87. The average Bonchev–Trinajstić information content (AvgIpc) is 3.45. The average molecular weight is 793 g/mol. The lowest BCUT2D eigenvalue weighted by Gasteiger charge is -2.35. The highest BCUT2D eigenvalue weighted by Crippen LogP contribution is 2.32. The molecule has 0 radical (unpaired) electrons. The number of piperazine rings is 1. The van der Waals surface area contributed by atoms with E-state index in [0.717, 1.165) is 48.1 Å². The summed E-state index contributed by atoms with van der Waals surface area (Å²) in [6.45, 7) is 6.49. The first-order valence-electron chi connectivity index (χ1n) is 20.0. The van der Waals surface area contributed by atoms with Crippen molar-refractivity contribution in [2.24, 2.45) is 0 Å². The predicted octanol–water partition coefficient (Wildman–Crippen LogP) is 4.55. The van der Waals surface area contributed by atoms with E-state index in [4.69, 9.17) is 4.42 Å². The van der Waals surface area contributed by atoms with Crippen LogP contribution in [0.1, 0.15) is 103 Å². The number of aliphatic carboxylic acids is 1. The molecule has 5 amide bonds. The molecule has 15 nitrogen and oxygen atoms in total. The molecule has 4 N–H and O–H groups in total. The van der Waals surface area contributed by atoms with Crippen molar-refractivity contribution in [3.8, 4) is 0 Å². The van der Waals surface area contributed by atoms with Gasteiger partial charge in [0, 0.05) is 68.6 Å². The molecule has 1 unspecified atom stereocenters. The number of anilines is 2. The standard InChI is InChI=1S/C43H48N6O9/c1-25-21-30(26(2)45-33-10-7-6-9-29(33)43(56)57)39-32(22-25)35(50)24-38(58-39)48-19-17-47(18-20-48)37(52)11-5-3-4-8-16-44-27-12-13-28-31(23-27)42(55)49(41(28)54)34-14-15-36(51)46-40(34)53/h9-10,12-13,21-24,26,34,44-45H,3-8,11,14-20H2,1-2H3,(H,56,57)(H,46,51,53)/t26-,34?/m1/s1. The minimum Gasteiger partial charge on any atom is -0.478 e. The summed E-state index contributed by atoms with van der Waals surface area (Å²) in [6.07, 6.45) is 8.96. The van der Waals surface area contributed by atoms with Gasteiger partial charge in [0.05, 0.1) is 28.1 Å². The van der Waals surface area contributed by atoms with Crippen LogP contribution in [0, 0.1) is 6.92 Å². The number of carboxylic acids is 1. The number of allylic oxidation sites excluding steroid dienone is 2. The zero-order valence-corrected chi connectivity index (χ0v) is 32.7. The first kappa shape index (κ1) is 40.0. The van der Waals surface area contributed by atoms with Crippen LogP contribution >= 0.6 is 0 Å². The van der Waals surface area contributed by atoms with Crippen LogP contribution in [0.25, 0.3) is 11.0 Å². The lowest BCUT2D eigenvalue weighted by molar-refractivity contribution is -0.136. The number of piperidine rings is 1. The van der Waals surface area contributed by atoms with Gasteiger partial charge >= 0.3 is 5.97 Å². The van der Waals surface area contributed by atoms with E-state index in [1.807, 2.05) is 35.8 Å². The number of hydrogen-bond acceptors (Lipinski definition) is 11. The predicted molar refractivity (Wildman–Crippen MR) is 215 cm³/mol. The van der Waals surface area contributed by atoms with Crippen molar-refractivity contribution < 1.29 is 38.3 Å². The molecule has 15 heteroatoms. The number of carboxylic acid groups (broad SMARTS) is 1. The number of carbonyl (C=O) groups excluding carboxylic acids is 5. The first-order valence-corrected chi connectivity index (χ1v) is 20.0. The summed E-state index contributed by atoms with van der Waals surface area (Å²) in [4.78, 5) is 93.0. The van der Waals surface area contributed by atoms with Gasteiger partial charge < -0.3 is 30.0 Å². The molecule has 0 saturated carbocycles. The highest BCUT2D eigenvalue weighted by atomic mass is 16.4. The molecular formula is C43H48N6O9. The number of hydrogen-bond donors (Lipinski definition) is 4. The number of amides is 5. The monoisotopic (exact) mass is 792 g/mol. The summed E-state index contributed by atoms with van der Waals surface area (Å²) < 4.78 is 6.42. The second-order valence-corrected chi connectivity index (χ2v) is 15.3. The van der Waals surface area contributed by atoms with Crippen LogP contribution in [-0.2, 0) is 19.2 Å². The lowest BCUT2D eigenvalue weighted by Crippen LogP contribution is -2.54. The maximum absolute atomic E-state index is 13.4. The number of nitrogens with one attached hydrogen (secondary N) is 3. The van der Waals surface area contributed by atoms with Crippen LogP contribution in [0.15, 0.2) is 69.0 Å². The molecule has 3 aromatic rings. The van der Waals surface area contributed by atoms with Gasteiger partial charge in [-0.25, -0.2) is 4.79 Å². The summed E-state index contributed by atoms with van der Waals surface area (Å²) in [6, 6.07) is 8.86. The Bertz CT molecular complexity index is 2300. The minimum absolute atomic E-state index is 0.0652. The Hall–Kier alpha value is -6.25. The van der Waals surface area contributed by atoms with Crippen molar-refractivity contribution in [2.75, 3.05) is 42.9 Å². The lowest BCUT2D eigenvalue weighted by atomic mass is 9.98. The highest BCUT2D eigenvalue weighted by molar-refractivity contribution is 6.23. The first-order chi connectivity index (χ1) is 27.9. The Balaban J connectivity index is 0.856. The summed E-state index contributed by atoms with van der Waals surface area (Å²) >= 11 is 0. The fourth-order valence-corrected chi connectivity index (χ4v) is 8.13. The Morgan fingerprint density at radius 1 is 0.914 bits per heavy atom. The molecule has 4 aliphatic rings. The SMILES string of the molecule is Cc1cc([C@@H](C)NC2=CCCC=C2C(=O)O)c2oc(N3CCN(C(=O)CCCCCCNc4ccc5c(c4)C(=O)N(C4CCC(=O)NC4=O)C5=O)CC3)cc(=O)c2c1. The van der Waals surface area contributed by atoms with Crippen molar-refractivity contribution in [1.82, 2.24) is 20.4 Å². The molecule has 2 fully saturated rings. The quantitative estimate of drug-likeness (QED) is 0.131. The second kappa shape index (κ2) is 17.1. The van der Waals surface area contributed by atoms with E-state index in [1.165, 1.54) is 6.07 Å². The van der Waals surface area contributed by atoms with Crippen molar-refractivity contribution in [2.45, 2.75) is 83.7 Å². The number of imide groups is 2. The summed E-state index contributed by atoms with van der Waals surface area (Å²) in [7, 11) is 0. The van der Waals surface area contributed by atoms with Gasteiger partial charge in [-0.2, -0.15) is 0 Å². The number of unbranched alkanes of at least 4 members (excludes halogenated alkanes) is 3. The second-order valence-electron chi connectivity index (χ2n) is 15.3. The van der Waals surface area contributed by atoms with Gasteiger partial charge in [-0.15, -0.1) is 0 Å². The molecule has 0 spiro atoms. The van der Waals surface area contributed by atoms with Gasteiger partial charge in [-0.3, -0.25) is 39.0 Å². The highest BCUT2D eigenvalue weighted by Gasteiger charge is 2.44. The number of benzene rings is 2. The molecule has 304 valence electrons. The molecule has 1 aromatic heterocycles. The van der Waals surface area contributed by atoms with Gasteiger partial charge in [0.2, 0.25) is 17.7 Å². The molecule has 7 rings (SSSR count). The zero-order valence-electron chi connectivity index (χ0n) is 32.7. The van der Waals surface area contributed by atoms with E-state index in [1.54, 1.807) is 30.3 Å². The van der Waals surface area contributed by atoms with Crippen molar-refractivity contribution >= 4 is 58.0 Å². The van der Waals surface area contributed by atoms with Crippen LogP contribution in [0.2, 0.25) is 0 Å². The Kier molecular flexibility index (Phi) is 11.8. The Morgan fingerprint density at radius 3 is 2.41 bits per heavy atom. The number of aryl methyl sites for hydroxylation is 1. The van der Waals surface area contributed by atoms with Crippen LogP contribution in [0.5, 0.6) is 0 Å². The molecule has 3 aliphatic heterocycles. The van der Waals surface area contributed by atoms with Crippen LogP contribution in [-0.4, -0.2) is 89.2 Å². The third-order valence-electron chi connectivity index (χ3n) is 11.2. The van der Waals surface area contributed by atoms with Gasteiger partial charge in [-0.05, 0) is 75.8 Å². The van der Waals surface area contributed by atoms with Gasteiger partial charge in [0.25, 0.3) is 11.8 Å². The molecular weight excluding hydrogens is 745 g/mol. The smallest absolute Gasteiger partial charge is 0.337 e. The largest absolute Gasteiger partial charge is 0.478 e. The maximum Gasteiger partial charge on any atom is 0.337 e. The van der Waals surface area contributed by atoms with Crippen LogP contribution in [0.3, 0.4) is 0 Å².